The molecule has 2 N–H and O–H groups in total. The molecular formula is C13H16N4O2. The summed E-state index contributed by atoms with van der Waals surface area (Å²) in [5.74, 6) is 0.497. The topological polar surface area (TPSA) is 80.0 Å². The van der Waals surface area contributed by atoms with Crippen LogP contribution in [0.15, 0.2) is 29.1 Å². The van der Waals surface area contributed by atoms with Gasteiger partial charge in [-0.1, -0.05) is 12.1 Å². The van der Waals surface area contributed by atoms with E-state index < -0.39 is 0 Å². The first-order valence-corrected chi connectivity index (χ1v) is 6.18. The molecule has 0 fully saturated rings. The van der Waals surface area contributed by atoms with Gasteiger partial charge in [0.1, 0.15) is 17.8 Å². The molecule has 2 aromatic heterocycles. The number of hydrogen-bond acceptors (Lipinski definition) is 5. The van der Waals surface area contributed by atoms with Crippen LogP contribution in [0.4, 0.5) is 11.5 Å². The van der Waals surface area contributed by atoms with Gasteiger partial charge in [0.25, 0.3) is 5.91 Å². The van der Waals surface area contributed by atoms with E-state index >= 15 is 0 Å². The molecule has 0 saturated heterocycles. The van der Waals surface area contributed by atoms with Gasteiger partial charge in [0, 0.05) is 17.8 Å². The van der Waals surface area contributed by atoms with Crippen molar-refractivity contribution in [2.45, 2.75) is 20.3 Å². The number of carbonyl (C=O) groups excluding carboxylic acids is 1. The summed E-state index contributed by atoms with van der Waals surface area (Å²) in [5.41, 5.74) is 1.96. The third-order valence-corrected chi connectivity index (χ3v) is 2.55. The van der Waals surface area contributed by atoms with E-state index in [1.165, 1.54) is 12.5 Å². The molecule has 0 bridgehead atoms. The fourth-order valence-electron chi connectivity index (χ4n) is 1.64. The number of pyridine rings is 1. The zero-order valence-corrected chi connectivity index (χ0v) is 10.9. The van der Waals surface area contributed by atoms with E-state index in [2.05, 4.69) is 25.3 Å². The van der Waals surface area contributed by atoms with Crippen molar-refractivity contribution >= 4 is 17.4 Å². The summed E-state index contributed by atoms with van der Waals surface area (Å²) in [4.78, 5) is 16.5. The van der Waals surface area contributed by atoms with Crippen molar-refractivity contribution in [1.82, 2.24) is 10.1 Å². The monoisotopic (exact) mass is 260 g/mol. The smallest absolute Gasteiger partial charge is 0.255 e. The maximum atomic E-state index is 12.1. The Morgan fingerprint density at radius 1 is 1.37 bits per heavy atom. The Bertz CT molecular complexity index is 552. The van der Waals surface area contributed by atoms with Crippen LogP contribution in [0.25, 0.3) is 0 Å². The molecular weight excluding hydrogens is 244 g/mol. The second-order valence-corrected chi connectivity index (χ2v) is 3.98. The minimum atomic E-state index is -0.209. The van der Waals surface area contributed by atoms with E-state index in [9.17, 15) is 4.79 Å². The number of amides is 1. The van der Waals surface area contributed by atoms with Gasteiger partial charge in [-0.25, -0.2) is 4.98 Å². The van der Waals surface area contributed by atoms with Crippen LogP contribution in [-0.4, -0.2) is 22.6 Å². The Morgan fingerprint density at radius 3 is 2.84 bits per heavy atom. The van der Waals surface area contributed by atoms with E-state index in [1.54, 1.807) is 12.1 Å². The summed E-state index contributed by atoms with van der Waals surface area (Å²) in [6.07, 6.45) is 3.60. The van der Waals surface area contributed by atoms with Crippen LogP contribution in [0, 0.1) is 0 Å². The highest BCUT2D eigenvalue weighted by Crippen LogP contribution is 2.13. The normalized spacial score (nSPS) is 10.2. The Morgan fingerprint density at radius 2 is 2.21 bits per heavy atom. The molecule has 100 valence electrons. The molecule has 2 rings (SSSR count). The standard InChI is InChI=1S/C13H16N4O2/c1-3-10-5-9(6-12(16-10)14-4-2)13(18)17-11-7-15-19-8-11/h5-8H,3-4H2,1-2H3,(H,14,16)(H,17,18). The van der Waals surface area contributed by atoms with Crippen molar-refractivity contribution in [2.24, 2.45) is 0 Å². The molecule has 19 heavy (non-hydrogen) atoms. The summed E-state index contributed by atoms with van der Waals surface area (Å²) in [7, 11) is 0. The number of anilines is 2. The van der Waals surface area contributed by atoms with E-state index in [0.29, 0.717) is 17.1 Å². The highest BCUT2D eigenvalue weighted by molar-refractivity contribution is 6.04. The van der Waals surface area contributed by atoms with Crippen molar-refractivity contribution in [3.63, 3.8) is 0 Å². The molecule has 1 amide bonds. The largest absolute Gasteiger partial charge is 0.370 e. The average molecular weight is 260 g/mol. The lowest BCUT2D eigenvalue weighted by Gasteiger charge is -2.08. The molecule has 2 aromatic rings. The second kappa shape index (κ2) is 5.99. The van der Waals surface area contributed by atoms with Crippen molar-refractivity contribution in [2.75, 3.05) is 17.2 Å². The third kappa shape index (κ3) is 3.31. The predicted octanol–water partition coefficient (Wildman–Crippen LogP) is 2.32. The molecule has 0 spiro atoms. The number of aryl methyl sites for hydroxylation is 1. The minimum absolute atomic E-state index is 0.209. The first-order valence-electron chi connectivity index (χ1n) is 6.18. The van der Waals surface area contributed by atoms with Gasteiger partial charge >= 0.3 is 0 Å². The van der Waals surface area contributed by atoms with Gasteiger partial charge in [-0.15, -0.1) is 0 Å². The molecule has 6 heteroatoms. The number of hydrogen-bond donors (Lipinski definition) is 2. The van der Waals surface area contributed by atoms with Gasteiger partial charge in [-0.2, -0.15) is 0 Å². The zero-order valence-electron chi connectivity index (χ0n) is 10.9. The maximum Gasteiger partial charge on any atom is 0.255 e. The number of nitrogens with zero attached hydrogens (tertiary/aromatic N) is 2. The summed E-state index contributed by atoms with van der Waals surface area (Å²) in [5, 5.41) is 9.36. The number of carbonyl (C=O) groups is 1. The van der Waals surface area contributed by atoms with Gasteiger partial charge in [-0.05, 0) is 25.5 Å². The summed E-state index contributed by atoms with van der Waals surface area (Å²) in [6, 6.07) is 3.51. The number of nitrogens with one attached hydrogen (secondary N) is 2. The van der Waals surface area contributed by atoms with Gasteiger partial charge in [0.15, 0.2) is 0 Å². The van der Waals surface area contributed by atoms with Crippen LogP contribution >= 0.6 is 0 Å². The number of rotatable bonds is 5. The molecule has 0 aliphatic carbocycles. The quantitative estimate of drug-likeness (QED) is 0.862. The molecule has 2 heterocycles. The molecule has 0 radical (unpaired) electrons. The van der Waals surface area contributed by atoms with Crippen LogP contribution in [0.1, 0.15) is 29.9 Å². The molecule has 0 unspecified atom stereocenters. The Kier molecular flexibility index (Phi) is 4.12. The summed E-state index contributed by atoms with van der Waals surface area (Å²) in [6.45, 7) is 4.74. The van der Waals surface area contributed by atoms with E-state index in [-0.39, 0.29) is 5.91 Å². The van der Waals surface area contributed by atoms with Crippen molar-refractivity contribution < 1.29 is 9.32 Å². The number of aromatic nitrogens is 2. The van der Waals surface area contributed by atoms with Crippen LogP contribution in [-0.2, 0) is 6.42 Å². The molecule has 0 aromatic carbocycles. The van der Waals surface area contributed by atoms with Gasteiger partial charge in [0.2, 0.25) is 0 Å². The highest BCUT2D eigenvalue weighted by atomic mass is 16.5. The van der Waals surface area contributed by atoms with Crippen LogP contribution in [0.3, 0.4) is 0 Å². The van der Waals surface area contributed by atoms with Gasteiger partial charge in [-0.3, -0.25) is 4.79 Å². The van der Waals surface area contributed by atoms with E-state index in [0.717, 1.165) is 18.7 Å². The molecule has 0 aliphatic rings. The highest BCUT2D eigenvalue weighted by Gasteiger charge is 2.10. The fraction of sp³-hybridized carbons (Fsp3) is 0.308. The van der Waals surface area contributed by atoms with Crippen LogP contribution in [0.5, 0.6) is 0 Å². The van der Waals surface area contributed by atoms with Crippen LogP contribution < -0.4 is 10.6 Å². The van der Waals surface area contributed by atoms with E-state index in [4.69, 9.17) is 0 Å². The first kappa shape index (κ1) is 13.1. The lowest BCUT2D eigenvalue weighted by Crippen LogP contribution is -2.13. The van der Waals surface area contributed by atoms with Gasteiger partial charge in [0.05, 0.1) is 6.20 Å². The molecule has 0 aliphatic heterocycles. The summed E-state index contributed by atoms with van der Waals surface area (Å²) >= 11 is 0. The molecule has 0 saturated carbocycles. The van der Waals surface area contributed by atoms with Crippen LogP contribution in [0.2, 0.25) is 0 Å². The average Bonchev–Trinajstić information content (AvgIpc) is 2.91. The first-order chi connectivity index (χ1) is 9.22. The fourth-order valence-corrected chi connectivity index (χ4v) is 1.64. The van der Waals surface area contributed by atoms with Crippen molar-refractivity contribution in [3.8, 4) is 0 Å². The molecule has 0 atom stereocenters. The van der Waals surface area contributed by atoms with E-state index in [1.807, 2.05) is 13.8 Å². The van der Waals surface area contributed by atoms with Crippen molar-refractivity contribution in [1.29, 1.82) is 0 Å². The zero-order chi connectivity index (χ0) is 13.7. The summed E-state index contributed by atoms with van der Waals surface area (Å²) < 4.78 is 4.67. The van der Waals surface area contributed by atoms with Gasteiger partial charge < -0.3 is 15.2 Å². The molecule has 6 nitrogen and oxygen atoms in total. The Balaban J connectivity index is 2.22. The lowest BCUT2D eigenvalue weighted by molar-refractivity contribution is 0.102. The predicted molar refractivity (Wildman–Crippen MR) is 72.2 cm³/mol. The SMILES string of the molecule is CCNc1cc(C(=O)Nc2cnoc2)cc(CC)n1. The maximum absolute atomic E-state index is 12.1. The Hall–Kier alpha value is -2.37. The second-order valence-electron chi connectivity index (χ2n) is 3.98. The third-order valence-electron chi connectivity index (χ3n) is 2.55. The lowest BCUT2D eigenvalue weighted by atomic mass is 10.2. The minimum Gasteiger partial charge on any atom is -0.370 e. The Labute approximate surface area is 111 Å². The van der Waals surface area contributed by atoms with Crippen molar-refractivity contribution in [3.05, 3.63) is 35.9 Å².